The third-order valence-corrected chi connectivity index (χ3v) is 6.65. The maximum Gasteiger partial charge on any atom is 0.123 e. The first-order chi connectivity index (χ1) is 8.31. The van der Waals surface area contributed by atoms with Gasteiger partial charge in [-0.05, 0) is 47.8 Å². The minimum absolute atomic E-state index is 0.200. The van der Waals surface area contributed by atoms with E-state index in [0.29, 0.717) is 11.3 Å². The first-order valence-corrected chi connectivity index (χ1v) is 7.76. The molecule has 0 aromatic rings. The molecule has 1 nitrogen and oxygen atoms in total. The first kappa shape index (κ1) is 14.1. The van der Waals surface area contributed by atoms with E-state index < -0.39 is 0 Å². The molecule has 0 bridgehead atoms. The van der Waals surface area contributed by atoms with Crippen LogP contribution in [0.4, 0.5) is 0 Å². The Hall–Kier alpha value is -0.330. The highest BCUT2D eigenvalue weighted by Crippen LogP contribution is 2.58. The zero-order chi connectivity index (χ0) is 13.6. The molecule has 0 aromatic carbocycles. The van der Waals surface area contributed by atoms with Crippen molar-refractivity contribution >= 4 is 6.29 Å². The van der Waals surface area contributed by atoms with Crippen LogP contribution >= 0.6 is 0 Å². The van der Waals surface area contributed by atoms with Gasteiger partial charge in [0.05, 0.1) is 0 Å². The Morgan fingerprint density at radius 1 is 1.28 bits per heavy atom. The number of rotatable bonds is 2. The van der Waals surface area contributed by atoms with Crippen LogP contribution in [0.1, 0.15) is 66.7 Å². The minimum atomic E-state index is 0.200. The molecular formula is C17H30O. The van der Waals surface area contributed by atoms with Crippen LogP contribution in [0.3, 0.4) is 0 Å². The van der Waals surface area contributed by atoms with E-state index in [-0.39, 0.29) is 11.3 Å². The highest BCUT2D eigenvalue weighted by atomic mass is 16.1. The quantitative estimate of drug-likeness (QED) is 0.649. The van der Waals surface area contributed by atoms with E-state index in [1.807, 2.05) is 0 Å². The van der Waals surface area contributed by atoms with Gasteiger partial charge < -0.3 is 4.79 Å². The number of fused-ring (bicyclic) bond motifs is 1. The summed E-state index contributed by atoms with van der Waals surface area (Å²) in [5.41, 5.74) is 0.699. The van der Waals surface area contributed by atoms with Gasteiger partial charge in [-0.1, -0.05) is 47.5 Å². The Balaban J connectivity index is 2.25. The second kappa shape index (κ2) is 4.65. The molecule has 0 radical (unpaired) electrons. The van der Waals surface area contributed by atoms with Gasteiger partial charge in [-0.25, -0.2) is 0 Å². The Morgan fingerprint density at radius 3 is 2.56 bits per heavy atom. The Bertz CT molecular complexity index is 320. The second-order valence-corrected chi connectivity index (χ2v) is 8.02. The summed E-state index contributed by atoms with van der Waals surface area (Å²) in [4.78, 5) is 11.3. The SMILES string of the molecule is CC(C=O)C1(C)CC2C(CCCC2(C)C)CC1C. The van der Waals surface area contributed by atoms with Crippen molar-refractivity contribution in [1.82, 2.24) is 0 Å². The summed E-state index contributed by atoms with van der Waals surface area (Å²) >= 11 is 0. The third-order valence-electron chi connectivity index (χ3n) is 6.65. The minimum Gasteiger partial charge on any atom is -0.303 e. The van der Waals surface area contributed by atoms with E-state index in [4.69, 9.17) is 0 Å². The predicted molar refractivity (Wildman–Crippen MR) is 76.3 cm³/mol. The number of hydrogen-bond acceptors (Lipinski definition) is 1. The zero-order valence-electron chi connectivity index (χ0n) is 12.8. The van der Waals surface area contributed by atoms with Gasteiger partial charge >= 0.3 is 0 Å². The molecule has 2 aliphatic rings. The topological polar surface area (TPSA) is 17.1 Å². The van der Waals surface area contributed by atoms with Crippen LogP contribution in [-0.2, 0) is 4.79 Å². The van der Waals surface area contributed by atoms with Gasteiger partial charge in [0.15, 0.2) is 0 Å². The summed E-state index contributed by atoms with van der Waals surface area (Å²) in [7, 11) is 0. The average Bonchev–Trinajstić information content (AvgIpc) is 2.30. The van der Waals surface area contributed by atoms with Gasteiger partial charge in [-0.2, -0.15) is 0 Å². The second-order valence-electron chi connectivity index (χ2n) is 8.02. The van der Waals surface area contributed by atoms with Crippen molar-refractivity contribution in [3.63, 3.8) is 0 Å². The van der Waals surface area contributed by atoms with Gasteiger partial charge in [0.25, 0.3) is 0 Å². The highest BCUT2D eigenvalue weighted by Gasteiger charge is 2.50. The Labute approximate surface area is 113 Å². The number of carbonyl (C=O) groups excluding carboxylic acids is 1. The fraction of sp³-hybridized carbons (Fsp3) is 0.941. The van der Waals surface area contributed by atoms with Gasteiger partial charge in [0.2, 0.25) is 0 Å². The molecule has 0 aromatic heterocycles. The number of carbonyl (C=O) groups is 1. The molecule has 2 saturated carbocycles. The fourth-order valence-corrected chi connectivity index (χ4v) is 4.76. The van der Waals surface area contributed by atoms with Gasteiger partial charge in [-0.15, -0.1) is 0 Å². The van der Waals surface area contributed by atoms with Gasteiger partial charge in [-0.3, -0.25) is 0 Å². The van der Waals surface area contributed by atoms with E-state index in [0.717, 1.165) is 11.8 Å². The summed E-state index contributed by atoms with van der Waals surface area (Å²) < 4.78 is 0. The molecule has 2 rings (SSSR count). The van der Waals surface area contributed by atoms with Crippen LogP contribution in [0, 0.1) is 34.5 Å². The maximum atomic E-state index is 11.3. The van der Waals surface area contributed by atoms with Crippen molar-refractivity contribution < 1.29 is 4.79 Å². The molecule has 5 atom stereocenters. The van der Waals surface area contributed by atoms with Gasteiger partial charge in [0.1, 0.15) is 6.29 Å². The number of aldehydes is 1. The first-order valence-electron chi connectivity index (χ1n) is 7.76. The normalized spacial score (nSPS) is 45.1. The molecule has 2 fully saturated rings. The molecule has 104 valence electrons. The lowest BCUT2D eigenvalue weighted by atomic mass is 9.49. The van der Waals surface area contributed by atoms with Crippen LogP contribution < -0.4 is 0 Å². The lowest BCUT2D eigenvalue weighted by Gasteiger charge is -2.56. The molecule has 0 amide bonds. The van der Waals surface area contributed by atoms with Crippen molar-refractivity contribution in [2.24, 2.45) is 34.5 Å². The zero-order valence-corrected chi connectivity index (χ0v) is 12.8. The Kier molecular flexibility index (Phi) is 3.64. The molecule has 2 aliphatic carbocycles. The average molecular weight is 250 g/mol. The summed E-state index contributed by atoms with van der Waals surface area (Å²) in [6.45, 7) is 11.8. The molecule has 0 aliphatic heterocycles. The van der Waals surface area contributed by atoms with Crippen LogP contribution in [0.5, 0.6) is 0 Å². The Morgan fingerprint density at radius 2 is 1.94 bits per heavy atom. The summed E-state index contributed by atoms with van der Waals surface area (Å²) in [5.74, 6) is 2.63. The molecule has 18 heavy (non-hydrogen) atoms. The van der Waals surface area contributed by atoms with E-state index >= 15 is 0 Å². The van der Waals surface area contributed by atoms with E-state index in [9.17, 15) is 4.79 Å². The molecule has 5 unspecified atom stereocenters. The molecular weight excluding hydrogens is 220 g/mol. The highest BCUT2D eigenvalue weighted by molar-refractivity contribution is 5.54. The number of hydrogen-bond donors (Lipinski definition) is 0. The monoisotopic (exact) mass is 250 g/mol. The van der Waals surface area contributed by atoms with E-state index in [1.54, 1.807) is 0 Å². The van der Waals surface area contributed by atoms with Crippen LogP contribution in [0.2, 0.25) is 0 Å². The van der Waals surface area contributed by atoms with E-state index in [1.165, 1.54) is 38.4 Å². The van der Waals surface area contributed by atoms with Crippen LogP contribution in [-0.4, -0.2) is 6.29 Å². The molecule has 0 N–H and O–H groups in total. The van der Waals surface area contributed by atoms with Crippen LogP contribution in [0.25, 0.3) is 0 Å². The molecule has 1 heteroatoms. The van der Waals surface area contributed by atoms with Crippen molar-refractivity contribution in [1.29, 1.82) is 0 Å². The standard InChI is InChI=1S/C17H30O/c1-12-9-14-7-6-8-16(3,4)15(14)10-17(12,5)13(2)11-18/h11-15H,6-10H2,1-5H3. The van der Waals surface area contributed by atoms with Crippen molar-refractivity contribution in [2.45, 2.75) is 66.7 Å². The third kappa shape index (κ3) is 2.14. The van der Waals surface area contributed by atoms with E-state index in [2.05, 4.69) is 34.6 Å². The molecule has 0 spiro atoms. The summed E-state index contributed by atoms with van der Waals surface area (Å²) in [5, 5.41) is 0. The predicted octanol–water partition coefficient (Wildman–Crippen LogP) is 4.70. The van der Waals surface area contributed by atoms with Crippen molar-refractivity contribution in [2.75, 3.05) is 0 Å². The molecule has 0 saturated heterocycles. The van der Waals surface area contributed by atoms with Gasteiger partial charge in [0, 0.05) is 5.92 Å². The lowest BCUT2D eigenvalue weighted by Crippen LogP contribution is -2.48. The maximum absolute atomic E-state index is 11.3. The van der Waals surface area contributed by atoms with Crippen molar-refractivity contribution in [3.05, 3.63) is 0 Å². The summed E-state index contributed by atoms with van der Waals surface area (Å²) in [6.07, 6.45) is 7.97. The molecule has 0 heterocycles. The summed E-state index contributed by atoms with van der Waals surface area (Å²) in [6, 6.07) is 0. The lowest BCUT2D eigenvalue weighted by molar-refractivity contribution is -0.121. The van der Waals surface area contributed by atoms with Crippen LogP contribution in [0.15, 0.2) is 0 Å². The fourth-order valence-electron chi connectivity index (χ4n) is 4.76. The van der Waals surface area contributed by atoms with Crippen molar-refractivity contribution in [3.8, 4) is 0 Å². The largest absolute Gasteiger partial charge is 0.303 e. The smallest absolute Gasteiger partial charge is 0.123 e.